The highest BCUT2D eigenvalue weighted by Crippen LogP contribution is 2.47. The molecule has 1 aliphatic carbocycles. The maximum absolute atomic E-state index is 11.1. The molecule has 5 nitrogen and oxygen atoms in total. The topological polar surface area (TPSA) is 79.4 Å². The first-order chi connectivity index (χ1) is 12.5. The zero-order chi connectivity index (χ0) is 18.7. The van der Waals surface area contributed by atoms with Gasteiger partial charge in [-0.2, -0.15) is 4.98 Å². The van der Waals surface area contributed by atoms with Gasteiger partial charge in [0.1, 0.15) is 11.5 Å². The molecule has 1 atom stereocenters. The zero-order valence-electron chi connectivity index (χ0n) is 15.9. The van der Waals surface area contributed by atoms with Gasteiger partial charge >= 0.3 is 0 Å². The van der Waals surface area contributed by atoms with Crippen LogP contribution in [0.4, 0.5) is 0 Å². The van der Waals surface area contributed by atoms with Crippen molar-refractivity contribution in [2.75, 3.05) is 0 Å². The second-order valence-electron chi connectivity index (χ2n) is 7.31. The Morgan fingerprint density at radius 2 is 2.04 bits per heavy atom. The predicted octanol–water partition coefficient (Wildman–Crippen LogP) is 5.40. The normalized spacial score (nSPS) is 17.3. The van der Waals surface area contributed by atoms with Crippen LogP contribution in [0.1, 0.15) is 75.2 Å². The maximum atomic E-state index is 11.1. The van der Waals surface area contributed by atoms with E-state index < -0.39 is 0 Å². The number of aromatic hydroxyl groups is 2. The molecule has 0 saturated carbocycles. The zero-order valence-corrected chi connectivity index (χ0v) is 15.9. The first kappa shape index (κ1) is 18.5. The quantitative estimate of drug-likeness (QED) is 0.535. The molecule has 0 aliphatic heterocycles. The Hall–Kier alpha value is -2.30. The largest absolute Gasteiger partial charge is 0.507 e. The summed E-state index contributed by atoms with van der Waals surface area (Å²) in [7, 11) is 0. The van der Waals surface area contributed by atoms with Crippen molar-refractivity contribution >= 4 is 0 Å². The lowest BCUT2D eigenvalue weighted by molar-refractivity contribution is 0.411. The molecule has 3 rings (SSSR count). The smallest absolute Gasteiger partial charge is 0.261 e. The van der Waals surface area contributed by atoms with Crippen molar-refractivity contribution in [1.82, 2.24) is 10.1 Å². The molecule has 2 aromatic rings. The fraction of sp³-hybridized carbons (Fsp3) is 0.524. The monoisotopic (exact) mass is 356 g/mol. The van der Waals surface area contributed by atoms with E-state index >= 15 is 0 Å². The summed E-state index contributed by atoms with van der Waals surface area (Å²) in [6.45, 7) is 6.01. The Morgan fingerprint density at radius 1 is 1.23 bits per heavy atom. The number of aryl methyl sites for hydroxylation is 2. The highest BCUT2D eigenvalue weighted by atomic mass is 16.5. The average Bonchev–Trinajstić information content (AvgIpc) is 3.01. The first-order valence-electron chi connectivity index (χ1n) is 9.57. The number of unbranched alkanes of at least 4 members (excludes halogenated alkanes) is 2. The van der Waals surface area contributed by atoms with Gasteiger partial charge in [0.05, 0.1) is 5.56 Å². The summed E-state index contributed by atoms with van der Waals surface area (Å²) in [6, 6.07) is 1.78. The fourth-order valence-corrected chi connectivity index (χ4v) is 3.83. The number of hydrogen-bond acceptors (Lipinski definition) is 5. The maximum Gasteiger partial charge on any atom is 0.261 e. The van der Waals surface area contributed by atoms with Crippen LogP contribution in [0.5, 0.6) is 11.5 Å². The Morgan fingerprint density at radius 3 is 2.69 bits per heavy atom. The molecule has 5 heteroatoms. The number of phenolic OH excluding ortho intramolecular Hbond substituents is 2. The van der Waals surface area contributed by atoms with Crippen LogP contribution in [-0.2, 0) is 6.42 Å². The van der Waals surface area contributed by atoms with Gasteiger partial charge in [0.25, 0.3) is 5.89 Å². The summed E-state index contributed by atoms with van der Waals surface area (Å²) in [5.41, 5.74) is 3.31. The Kier molecular flexibility index (Phi) is 5.64. The number of hydrogen-bond donors (Lipinski definition) is 2. The molecular formula is C21H28N2O3. The van der Waals surface area contributed by atoms with Crippen LogP contribution in [0, 0.1) is 6.92 Å². The average molecular weight is 356 g/mol. The minimum Gasteiger partial charge on any atom is -0.507 e. The van der Waals surface area contributed by atoms with E-state index in [1.165, 1.54) is 5.57 Å². The van der Waals surface area contributed by atoms with Gasteiger partial charge < -0.3 is 14.7 Å². The Labute approximate surface area is 154 Å². The molecule has 1 heterocycles. The van der Waals surface area contributed by atoms with E-state index in [4.69, 9.17) is 4.52 Å². The molecule has 1 aliphatic rings. The van der Waals surface area contributed by atoms with Crippen LogP contribution in [-0.4, -0.2) is 20.4 Å². The minimum absolute atomic E-state index is 0.0104. The van der Waals surface area contributed by atoms with Crippen molar-refractivity contribution in [3.63, 3.8) is 0 Å². The van der Waals surface area contributed by atoms with Crippen molar-refractivity contribution in [3.8, 4) is 23.0 Å². The number of benzene rings is 1. The van der Waals surface area contributed by atoms with E-state index in [0.717, 1.165) is 50.5 Å². The summed E-state index contributed by atoms with van der Waals surface area (Å²) in [6.07, 6.45) is 9.13. The molecule has 0 saturated heterocycles. The third-order valence-electron chi connectivity index (χ3n) is 5.13. The molecule has 0 spiro atoms. The Balaban J connectivity index is 2.11. The van der Waals surface area contributed by atoms with E-state index in [1.54, 1.807) is 13.0 Å². The van der Waals surface area contributed by atoms with Gasteiger partial charge in [-0.05, 0) is 57.6 Å². The van der Waals surface area contributed by atoms with Crippen molar-refractivity contribution in [2.24, 2.45) is 0 Å². The number of aromatic nitrogens is 2. The van der Waals surface area contributed by atoms with Gasteiger partial charge in [0, 0.05) is 11.5 Å². The number of rotatable bonds is 6. The van der Waals surface area contributed by atoms with Gasteiger partial charge in [0.2, 0.25) is 0 Å². The molecule has 2 N–H and O–H groups in total. The lowest BCUT2D eigenvalue weighted by atomic mass is 9.83. The molecule has 1 unspecified atom stereocenters. The summed E-state index contributed by atoms with van der Waals surface area (Å²) < 4.78 is 5.36. The first-order valence-corrected chi connectivity index (χ1v) is 9.57. The molecule has 0 amide bonds. The van der Waals surface area contributed by atoms with E-state index in [-0.39, 0.29) is 17.4 Å². The summed E-state index contributed by atoms with van der Waals surface area (Å²) in [4.78, 5) is 4.33. The van der Waals surface area contributed by atoms with E-state index in [0.29, 0.717) is 22.8 Å². The summed E-state index contributed by atoms with van der Waals surface area (Å²) in [5, 5.41) is 25.7. The van der Waals surface area contributed by atoms with Crippen molar-refractivity contribution in [3.05, 3.63) is 34.7 Å². The Bertz CT molecular complexity index is 808. The summed E-state index contributed by atoms with van der Waals surface area (Å²) >= 11 is 0. The van der Waals surface area contributed by atoms with Gasteiger partial charge in [-0.25, -0.2) is 0 Å². The number of nitrogens with zero attached hydrogens (tertiary/aromatic N) is 2. The molecule has 0 bridgehead atoms. The van der Waals surface area contributed by atoms with Gasteiger partial charge in [0.15, 0.2) is 5.82 Å². The summed E-state index contributed by atoms with van der Waals surface area (Å²) in [5.74, 6) is 1.10. The third-order valence-corrected chi connectivity index (χ3v) is 5.13. The highest BCUT2D eigenvalue weighted by Gasteiger charge is 2.27. The SMILES string of the molecule is CCCCCc1cc(O)c(C2C=C(C)CCC2)c(O)c1-c1nc(C)no1. The second kappa shape index (κ2) is 7.94. The molecule has 1 aromatic carbocycles. The predicted molar refractivity (Wildman–Crippen MR) is 101 cm³/mol. The molecule has 0 fully saturated rings. The van der Waals surface area contributed by atoms with Crippen LogP contribution in [0.25, 0.3) is 11.5 Å². The van der Waals surface area contributed by atoms with Crippen LogP contribution < -0.4 is 0 Å². The van der Waals surface area contributed by atoms with E-state index in [2.05, 4.69) is 30.1 Å². The molecular weight excluding hydrogens is 328 g/mol. The van der Waals surface area contributed by atoms with Crippen LogP contribution in [0.2, 0.25) is 0 Å². The van der Waals surface area contributed by atoms with Crippen LogP contribution in [0.3, 0.4) is 0 Å². The molecule has 140 valence electrons. The lowest BCUT2D eigenvalue weighted by Crippen LogP contribution is -2.05. The van der Waals surface area contributed by atoms with E-state index in [1.807, 2.05) is 0 Å². The van der Waals surface area contributed by atoms with Crippen molar-refractivity contribution in [1.29, 1.82) is 0 Å². The third kappa shape index (κ3) is 3.76. The lowest BCUT2D eigenvalue weighted by Gasteiger charge is -2.23. The van der Waals surface area contributed by atoms with E-state index in [9.17, 15) is 10.2 Å². The van der Waals surface area contributed by atoms with Gasteiger partial charge in [-0.3, -0.25) is 0 Å². The number of phenols is 2. The van der Waals surface area contributed by atoms with Crippen molar-refractivity contribution < 1.29 is 14.7 Å². The van der Waals surface area contributed by atoms with Crippen molar-refractivity contribution in [2.45, 2.75) is 71.6 Å². The van der Waals surface area contributed by atoms with Crippen LogP contribution in [0.15, 0.2) is 22.2 Å². The standard InChI is InChI=1S/C21H28N2O3/c1-4-5-6-9-16-12-17(24)18(15-10-7-8-13(2)11-15)20(25)19(16)21-22-14(3)23-26-21/h11-12,15,24-25H,4-10H2,1-3H3. The molecule has 1 aromatic heterocycles. The second-order valence-corrected chi connectivity index (χ2v) is 7.31. The number of allylic oxidation sites excluding steroid dienone is 2. The molecule has 0 radical (unpaired) electrons. The minimum atomic E-state index is 0.0104. The molecule has 26 heavy (non-hydrogen) atoms. The van der Waals surface area contributed by atoms with Gasteiger partial charge in [-0.1, -0.05) is 36.6 Å². The fourth-order valence-electron chi connectivity index (χ4n) is 3.83. The highest BCUT2D eigenvalue weighted by molar-refractivity contribution is 5.73. The van der Waals surface area contributed by atoms with Crippen LogP contribution >= 0.6 is 0 Å². The van der Waals surface area contributed by atoms with Gasteiger partial charge in [-0.15, -0.1) is 0 Å².